The second kappa shape index (κ2) is 9.55. The van der Waals surface area contributed by atoms with Crippen LogP contribution in [0, 0.1) is 6.92 Å². The second-order valence-corrected chi connectivity index (χ2v) is 8.77. The van der Waals surface area contributed by atoms with E-state index in [1.165, 1.54) is 16.9 Å². The van der Waals surface area contributed by atoms with Crippen molar-refractivity contribution >= 4 is 17.2 Å². The molecule has 0 saturated carbocycles. The van der Waals surface area contributed by atoms with Gasteiger partial charge in [-0.05, 0) is 37.2 Å². The van der Waals surface area contributed by atoms with Gasteiger partial charge in [-0.15, -0.1) is 11.3 Å². The number of nitrogens with zero attached hydrogens (tertiary/aromatic N) is 3. The lowest BCUT2D eigenvalue weighted by Crippen LogP contribution is -2.43. The summed E-state index contributed by atoms with van der Waals surface area (Å²) in [5, 5.41) is 5.75. The number of piperazine rings is 1. The normalized spacial score (nSPS) is 15.4. The maximum absolute atomic E-state index is 12.4. The van der Waals surface area contributed by atoms with Crippen molar-refractivity contribution in [2.45, 2.75) is 26.4 Å². The van der Waals surface area contributed by atoms with Gasteiger partial charge in [0, 0.05) is 44.6 Å². The third kappa shape index (κ3) is 5.56. The minimum absolute atomic E-state index is 0.0213. The average molecular weight is 425 g/mol. The van der Waals surface area contributed by atoms with Crippen LogP contribution in [0.1, 0.15) is 22.6 Å². The van der Waals surface area contributed by atoms with Crippen molar-refractivity contribution < 1.29 is 9.21 Å². The summed E-state index contributed by atoms with van der Waals surface area (Å²) in [6.45, 7) is 7.84. The molecule has 1 N–H and O–H groups in total. The van der Waals surface area contributed by atoms with E-state index in [4.69, 9.17) is 4.42 Å². The first-order valence-corrected chi connectivity index (χ1v) is 11.2. The highest BCUT2D eigenvalue weighted by Gasteiger charge is 2.14. The molecular formula is C23H28N4O2S. The van der Waals surface area contributed by atoms with Crippen molar-refractivity contribution in [1.82, 2.24) is 20.1 Å². The molecule has 0 radical (unpaired) electrons. The molecule has 1 aliphatic rings. The fourth-order valence-corrected chi connectivity index (χ4v) is 4.36. The van der Waals surface area contributed by atoms with Crippen LogP contribution < -0.4 is 5.32 Å². The summed E-state index contributed by atoms with van der Waals surface area (Å²) in [4.78, 5) is 21.8. The zero-order valence-corrected chi connectivity index (χ0v) is 18.4. The summed E-state index contributed by atoms with van der Waals surface area (Å²) >= 11 is 1.50. The molecule has 1 saturated heterocycles. The summed E-state index contributed by atoms with van der Waals surface area (Å²) < 4.78 is 5.61. The molecule has 3 heterocycles. The Labute approximate surface area is 181 Å². The Morgan fingerprint density at radius 3 is 2.73 bits per heavy atom. The van der Waals surface area contributed by atoms with Crippen LogP contribution in [0.5, 0.6) is 0 Å². The van der Waals surface area contributed by atoms with E-state index in [1.807, 2.05) is 24.4 Å². The highest BCUT2D eigenvalue weighted by Crippen LogP contribution is 2.25. The van der Waals surface area contributed by atoms with E-state index in [2.05, 4.69) is 51.4 Å². The molecule has 1 amide bonds. The number of rotatable bonds is 7. The number of nitrogens with one attached hydrogen (secondary N) is 1. The summed E-state index contributed by atoms with van der Waals surface area (Å²) in [5.74, 6) is 1.59. The van der Waals surface area contributed by atoms with Crippen LogP contribution in [0.2, 0.25) is 0 Å². The van der Waals surface area contributed by atoms with Gasteiger partial charge in [-0.25, -0.2) is 4.98 Å². The number of amides is 1. The van der Waals surface area contributed by atoms with E-state index in [1.54, 1.807) is 0 Å². The van der Waals surface area contributed by atoms with E-state index in [0.29, 0.717) is 6.54 Å². The lowest BCUT2D eigenvalue weighted by atomic mass is 10.1. The molecule has 0 atom stereocenters. The third-order valence-electron chi connectivity index (χ3n) is 5.33. The van der Waals surface area contributed by atoms with Gasteiger partial charge in [0.05, 0.1) is 12.1 Å². The standard InChI is InChI=1S/C23H28N4O2S/c1-17-6-7-21(29-17)23-25-20(16-30-23)13-22(28)24-14-18-4-3-5-19(12-18)15-27-10-8-26(2)9-11-27/h3-7,12,16H,8-11,13-15H2,1-2H3,(H,24,28). The molecule has 7 heteroatoms. The van der Waals surface area contributed by atoms with Crippen molar-refractivity contribution in [1.29, 1.82) is 0 Å². The molecular weight excluding hydrogens is 396 g/mol. The topological polar surface area (TPSA) is 61.6 Å². The maximum atomic E-state index is 12.4. The Kier molecular flexibility index (Phi) is 6.62. The molecule has 0 aliphatic carbocycles. The van der Waals surface area contributed by atoms with Crippen molar-refractivity contribution in [2.75, 3.05) is 33.2 Å². The quantitative estimate of drug-likeness (QED) is 0.631. The Hall–Kier alpha value is -2.48. The zero-order valence-electron chi connectivity index (χ0n) is 17.6. The minimum Gasteiger partial charge on any atom is -0.459 e. The van der Waals surface area contributed by atoms with Crippen LogP contribution in [-0.2, 0) is 24.3 Å². The Morgan fingerprint density at radius 2 is 1.97 bits per heavy atom. The third-order valence-corrected chi connectivity index (χ3v) is 6.23. The highest BCUT2D eigenvalue weighted by molar-refractivity contribution is 7.13. The van der Waals surface area contributed by atoms with E-state index < -0.39 is 0 Å². The fourth-order valence-electron chi connectivity index (χ4n) is 3.58. The van der Waals surface area contributed by atoms with Crippen LogP contribution in [0.4, 0.5) is 0 Å². The predicted molar refractivity (Wildman–Crippen MR) is 119 cm³/mol. The second-order valence-electron chi connectivity index (χ2n) is 7.91. The van der Waals surface area contributed by atoms with Crippen molar-refractivity contribution in [2.24, 2.45) is 0 Å². The average Bonchev–Trinajstić information content (AvgIpc) is 3.37. The minimum atomic E-state index is -0.0213. The van der Waals surface area contributed by atoms with Crippen molar-refractivity contribution in [3.63, 3.8) is 0 Å². The molecule has 0 unspecified atom stereocenters. The van der Waals surface area contributed by atoms with Crippen LogP contribution in [-0.4, -0.2) is 53.9 Å². The summed E-state index contributed by atoms with van der Waals surface area (Å²) in [7, 11) is 2.17. The van der Waals surface area contributed by atoms with Crippen LogP contribution in [0.15, 0.2) is 46.2 Å². The first kappa shape index (κ1) is 20.8. The highest BCUT2D eigenvalue weighted by atomic mass is 32.1. The summed E-state index contributed by atoms with van der Waals surface area (Å²) in [5.41, 5.74) is 3.19. The number of hydrogen-bond donors (Lipinski definition) is 1. The molecule has 3 aromatic rings. The molecule has 6 nitrogen and oxygen atoms in total. The van der Waals surface area contributed by atoms with Crippen LogP contribution in [0.3, 0.4) is 0 Å². The number of likely N-dealkylation sites (N-methyl/N-ethyl adjacent to an activating group) is 1. The van der Waals surface area contributed by atoms with Gasteiger partial charge in [-0.1, -0.05) is 24.3 Å². The van der Waals surface area contributed by atoms with E-state index >= 15 is 0 Å². The number of benzene rings is 1. The Bertz CT molecular complexity index is 989. The largest absolute Gasteiger partial charge is 0.459 e. The number of thiazole rings is 1. The van der Waals surface area contributed by atoms with Gasteiger partial charge in [0.1, 0.15) is 5.76 Å². The van der Waals surface area contributed by atoms with Gasteiger partial charge in [-0.3, -0.25) is 9.69 Å². The molecule has 0 spiro atoms. The monoisotopic (exact) mass is 424 g/mol. The molecule has 4 rings (SSSR count). The number of carbonyl (C=O) groups is 1. The molecule has 0 bridgehead atoms. The fraction of sp³-hybridized carbons (Fsp3) is 0.391. The van der Waals surface area contributed by atoms with Gasteiger partial charge in [0.25, 0.3) is 0 Å². The molecule has 2 aromatic heterocycles. The number of carbonyl (C=O) groups excluding carboxylic acids is 1. The smallest absolute Gasteiger partial charge is 0.226 e. The lowest BCUT2D eigenvalue weighted by molar-refractivity contribution is -0.120. The van der Waals surface area contributed by atoms with Gasteiger partial charge in [0.2, 0.25) is 5.91 Å². The maximum Gasteiger partial charge on any atom is 0.226 e. The van der Waals surface area contributed by atoms with Crippen LogP contribution in [0.25, 0.3) is 10.8 Å². The Morgan fingerprint density at radius 1 is 1.17 bits per heavy atom. The van der Waals surface area contributed by atoms with Gasteiger partial charge < -0.3 is 14.6 Å². The molecule has 1 aliphatic heterocycles. The number of aryl methyl sites for hydroxylation is 1. The molecule has 158 valence electrons. The number of aromatic nitrogens is 1. The van der Waals surface area contributed by atoms with E-state index in [0.717, 1.165) is 60.5 Å². The number of furan rings is 1. The Balaban J connectivity index is 1.27. The van der Waals surface area contributed by atoms with Gasteiger partial charge in [-0.2, -0.15) is 0 Å². The lowest BCUT2D eigenvalue weighted by Gasteiger charge is -2.32. The molecule has 1 aromatic carbocycles. The first-order valence-electron chi connectivity index (χ1n) is 10.3. The molecule has 1 fully saturated rings. The number of hydrogen-bond acceptors (Lipinski definition) is 6. The van der Waals surface area contributed by atoms with Crippen molar-refractivity contribution in [3.05, 3.63) is 64.4 Å². The first-order chi connectivity index (χ1) is 14.5. The SMILES string of the molecule is Cc1ccc(-c2nc(CC(=O)NCc3cccc(CN4CCN(C)CC4)c3)cs2)o1. The van der Waals surface area contributed by atoms with Gasteiger partial charge >= 0.3 is 0 Å². The summed E-state index contributed by atoms with van der Waals surface area (Å²) in [6, 6.07) is 12.3. The van der Waals surface area contributed by atoms with Crippen LogP contribution >= 0.6 is 11.3 Å². The van der Waals surface area contributed by atoms with Crippen molar-refractivity contribution in [3.8, 4) is 10.8 Å². The zero-order chi connectivity index (χ0) is 20.9. The van der Waals surface area contributed by atoms with E-state index in [9.17, 15) is 4.79 Å². The summed E-state index contributed by atoms with van der Waals surface area (Å²) in [6.07, 6.45) is 0.275. The van der Waals surface area contributed by atoms with Gasteiger partial charge in [0.15, 0.2) is 10.8 Å². The predicted octanol–water partition coefficient (Wildman–Crippen LogP) is 3.32. The van der Waals surface area contributed by atoms with E-state index in [-0.39, 0.29) is 12.3 Å². The molecule has 30 heavy (non-hydrogen) atoms.